The highest BCUT2D eigenvalue weighted by Crippen LogP contribution is 2.32. The molecule has 2 aliphatic rings. The van der Waals surface area contributed by atoms with Gasteiger partial charge in [-0.25, -0.2) is 9.67 Å². The molecule has 0 radical (unpaired) electrons. The van der Waals surface area contributed by atoms with Crippen molar-refractivity contribution in [3.05, 3.63) is 52.0 Å². The number of pyridine rings is 1. The molecule has 0 spiro atoms. The molecule has 158 valence electrons. The first kappa shape index (κ1) is 19.4. The Morgan fingerprint density at radius 1 is 1.20 bits per heavy atom. The molecule has 2 fully saturated rings. The molecule has 1 N–H and O–H groups in total. The minimum Gasteiger partial charge on any atom is -0.381 e. The van der Waals surface area contributed by atoms with E-state index in [4.69, 9.17) is 9.72 Å². The number of rotatable bonds is 4. The van der Waals surface area contributed by atoms with Crippen LogP contribution < -0.4 is 5.56 Å². The van der Waals surface area contributed by atoms with E-state index in [1.807, 2.05) is 17.8 Å². The van der Waals surface area contributed by atoms with Crippen molar-refractivity contribution in [2.75, 3.05) is 26.3 Å². The average Bonchev–Trinajstić information content (AvgIpc) is 3.34. The van der Waals surface area contributed by atoms with Gasteiger partial charge in [0, 0.05) is 50.7 Å². The summed E-state index contributed by atoms with van der Waals surface area (Å²) in [6.45, 7) is 8.39. The Labute approximate surface area is 175 Å². The van der Waals surface area contributed by atoms with E-state index in [-0.39, 0.29) is 17.5 Å². The molecule has 0 amide bonds. The quantitative estimate of drug-likeness (QED) is 0.713. The molecular formula is C22H28N6O2. The molecule has 0 bridgehead atoms. The molecule has 3 aromatic rings. The van der Waals surface area contributed by atoms with Crippen LogP contribution >= 0.6 is 0 Å². The fraction of sp³-hybridized carbons (Fsp3) is 0.545. The van der Waals surface area contributed by atoms with E-state index in [1.54, 1.807) is 6.20 Å². The summed E-state index contributed by atoms with van der Waals surface area (Å²) < 4.78 is 7.42. The van der Waals surface area contributed by atoms with E-state index < -0.39 is 0 Å². The standard InChI is InChI=1S/C22H28N6O2/c1-14-11-27(12-16-4-3-15(2)23-9-16)13-19(14)20-25-21-18(22(29)26-20)10-24-28(21)17-5-7-30-8-6-17/h3-4,9-10,14,17,19H,5-8,11-13H2,1-2H3,(H,25,26,29)/t14-,19-/m1/s1. The number of nitrogens with one attached hydrogen (secondary N) is 1. The van der Waals surface area contributed by atoms with Gasteiger partial charge in [-0.2, -0.15) is 5.10 Å². The molecular weight excluding hydrogens is 380 g/mol. The zero-order valence-electron chi connectivity index (χ0n) is 17.5. The predicted molar refractivity (Wildman–Crippen MR) is 113 cm³/mol. The van der Waals surface area contributed by atoms with Crippen LogP contribution in [-0.2, 0) is 11.3 Å². The molecule has 2 aliphatic heterocycles. The van der Waals surface area contributed by atoms with Gasteiger partial charge in [-0.15, -0.1) is 0 Å². The largest absolute Gasteiger partial charge is 0.381 e. The van der Waals surface area contributed by atoms with Crippen LogP contribution in [0.3, 0.4) is 0 Å². The van der Waals surface area contributed by atoms with E-state index in [2.05, 4.69) is 39.0 Å². The highest BCUT2D eigenvalue weighted by molar-refractivity contribution is 5.73. The average molecular weight is 409 g/mol. The van der Waals surface area contributed by atoms with Crippen molar-refractivity contribution in [3.8, 4) is 0 Å². The van der Waals surface area contributed by atoms with Crippen LogP contribution in [0.5, 0.6) is 0 Å². The van der Waals surface area contributed by atoms with Gasteiger partial charge in [0.2, 0.25) is 0 Å². The monoisotopic (exact) mass is 408 g/mol. The Kier molecular flexibility index (Phi) is 5.12. The van der Waals surface area contributed by atoms with Crippen LogP contribution in [-0.4, -0.2) is 55.9 Å². The van der Waals surface area contributed by atoms with Crippen LogP contribution in [0.4, 0.5) is 0 Å². The molecule has 0 aromatic carbocycles. The fourth-order valence-electron chi connectivity index (χ4n) is 4.73. The molecule has 30 heavy (non-hydrogen) atoms. The number of likely N-dealkylation sites (tertiary alicyclic amines) is 1. The molecule has 3 aromatic heterocycles. The van der Waals surface area contributed by atoms with Crippen LogP contribution in [0.2, 0.25) is 0 Å². The maximum Gasteiger partial charge on any atom is 0.262 e. The number of hydrogen-bond donors (Lipinski definition) is 1. The maximum absolute atomic E-state index is 12.8. The molecule has 5 rings (SSSR count). The number of fused-ring (bicyclic) bond motifs is 1. The minimum atomic E-state index is -0.0957. The van der Waals surface area contributed by atoms with Gasteiger partial charge in [0.25, 0.3) is 5.56 Å². The minimum absolute atomic E-state index is 0.0957. The smallest absolute Gasteiger partial charge is 0.262 e. The van der Waals surface area contributed by atoms with Crippen LogP contribution in [0, 0.1) is 12.8 Å². The van der Waals surface area contributed by atoms with Crippen molar-refractivity contribution in [3.63, 3.8) is 0 Å². The first-order valence-corrected chi connectivity index (χ1v) is 10.8. The topological polar surface area (TPSA) is 88.9 Å². The number of aromatic amines is 1. The number of H-pyrrole nitrogens is 1. The number of hydrogen-bond acceptors (Lipinski definition) is 6. The Morgan fingerprint density at radius 3 is 2.80 bits per heavy atom. The van der Waals surface area contributed by atoms with Gasteiger partial charge in [0.15, 0.2) is 5.65 Å². The van der Waals surface area contributed by atoms with E-state index in [1.165, 1.54) is 5.56 Å². The summed E-state index contributed by atoms with van der Waals surface area (Å²) in [5.41, 5.74) is 2.85. The third kappa shape index (κ3) is 3.65. The van der Waals surface area contributed by atoms with Crippen molar-refractivity contribution in [2.45, 2.75) is 45.2 Å². The third-order valence-electron chi connectivity index (χ3n) is 6.44. The fourth-order valence-corrected chi connectivity index (χ4v) is 4.73. The van der Waals surface area contributed by atoms with Gasteiger partial charge in [0.1, 0.15) is 11.2 Å². The SMILES string of the molecule is Cc1ccc(CN2C[C@@H](C)[C@H](c3nc4c(cnn4C4CCOCC4)c(=O)[nH]3)C2)cn1. The Hall–Kier alpha value is -2.58. The Bertz CT molecular complexity index is 1080. The number of nitrogens with zero attached hydrogens (tertiary/aromatic N) is 5. The maximum atomic E-state index is 12.8. The number of aryl methyl sites for hydroxylation is 1. The number of aromatic nitrogens is 5. The van der Waals surface area contributed by atoms with Crippen molar-refractivity contribution < 1.29 is 4.74 Å². The summed E-state index contributed by atoms with van der Waals surface area (Å²) in [5, 5.41) is 5.07. The molecule has 0 unspecified atom stereocenters. The summed E-state index contributed by atoms with van der Waals surface area (Å²) in [5.74, 6) is 1.38. The molecule has 8 nitrogen and oxygen atoms in total. The zero-order chi connectivity index (χ0) is 20.7. The van der Waals surface area contributed by atoms with Gasteiger partial charge in [0.05, 0.1) is 12.2 Å². The summed E-state index contributed by atoms with van der Waals surface area (Å²) in [4.78, 5) is 27.6. The lowest BCUT2D eigenvalue weighted by atomic mass is 9.97. The van der Waals surface area contributed by atoms with E-state index in [0.717, 1.165) is 57.2 Å². The molecule has 0 aliphatic carbocycles. The van der Waals surface area contributed by atoms with E-state index in [0.29, 0.717) is 17.0 Å². The van der Waals surface area contributed by atoms with Gasteiger partial charge in [-0.1, -0.05) is 13.0 Å². The van der Waals surface area contributed by atoms with Gasteiger partial charge in [-0.05, 0) is 37.3 Å². The van der Waals surface area contributed by atoms with Crippen molar-refractivity contribution in [1.29, 1.82) is 0 Å². The van der Waals surface area contributed by atoms with Crippen molar-refractivity contribution in [2.24, 2.45) is 5.92 Å². The predicted octanol–water partition coefficient (Wildman–Crippen LogP) is 2.41. The molecule has 8 heteroatoms. The second kappa shape index (κ2) is 7.92. The zero-order valence-corrected chi connectivity index (χ0v) is 17.5. The number of ether oxygens (including phenoxy) is 1. The summed E-state index contributed by atoms with van der Waals surface area (Å²) in [6, 6.07) is 4.43. The highest BCUT2D eigenvalue weighted by atomic mass is 16.5. The molecule has 0 saturated carbocycles. The van der Waals surface area contributed by atoms with E-state index in [9.17, 15) is 4.79 Å². The third-order valence-corrected chi connectivity index (χ3v) is 6.44. The van der Waals surface area contributed by atoms with Crippen molar-refractivity contribution >= 4 is 11.0 Å². The van der Waals surface area contributed by atoms with Gasteiger partial charge < -0.3 is 9.72 Å². The van der Waals surface area contributed by atoms with Crippen LogP contribution in [0.25, 0.3) is 11.0 Å². The first-order chi connectivity index (χ1) is 14.6. The van der Waals surface area contributed by atoms with E-state index >= 15 is 0 Å². The summed E-state index contributed by atoms with van der Waals surface area (Å²) in [6.07, 6.45) is 5.40. The van der Waals surface area contributed by atoms with Gasteiger partial charge in [-0.3, -0.25) is 14.7 Å². The highest BCUT2D eigenvalue weighted by Gasteiger charge is 2.33. The summed E-state index contributed by atoms with van der Waals surface area (Å²) in [7, 11) is 0. The Morgan fingerprint density at radius 2 is 2.03 bits per heavy atom. The van der Waals surface area contributed by atoms with Crippen molar-refractivity contribution in [1.82, 2.24) is 29.6 Å². The molecule has 5 heterocycles. The lowest BCUT2D eigenvalue weighted by molar-refractivity contribution is 0.0673. The normalized spacial score (nSPS) is 23.4. The molecule has 2 atom stereocenters. The second-order valence-corrected chi connectivity index (χ2v) is 8.71. The second-order valence-electron chi connectivity index (χ2n) is 8.71. The van der Waals surface area contributed by atoms with Gasteiger partial charge >= 0.3 is 0 Å². The lowest BCUT2D eigenvalue weighted by Crippen LogP contribution is -2.23. The molecule has 2 saturated heterocycles. The Balaban J connectivity index is 1.41. The van der Waals surface area contributed by atoms with Crippen LogP contribution in [0.15, 0.2) is 29.3 Å². The first-order valence-electron chi connectivity index (χ1n) is 10.8. The summed E-state index contributed by atoms with van der Waals surface area (Å²) >= 11 is 0. The van der Waals surface area contributed by atoms with Crippen LogP contribution in [0.1, 0.15) is 48.8 Å². The lowest BCUT2D eigenvalue weighted by Gasteiger charge is -2.23.